The SMILES string of the molecule is CCCCCCCCCCCCCCC[C@H](NC(=O)[C@@H](NC(=O)OCc1ccccc1)[C@@H]1CCN=C(N)N1)C(=O)NCCCN[C@H](C(=O)O)[C@H](O[C@@H]1O[C@H](CN)[C@@H](O)[C@H]1O)[C@H]1O[C@@H](n2ccc(=O)[nH]c2=O)[C@H](O)[C@@H]1O. The molecule has 4 heterocycles. The van der Waals surface area contributed by atoms with Gasteiger partial charge in [0.2, 0.25) is 11.8 Å². The van der Waals surface area contributed by atoms with Gasteiger partial charge >= 0.3 is 17.8 Å². The Morgan fingerprint density at radius 1 is 0.827 bits per heavy atom. The minimum absolute atomic E-state index is 0.0351. The largest absolute Gasteiger partial charge is 0.480 e. The number of carboxylic acids is 1. The van der Waals surface area contributed by atoms with Gasteiger partial charge in [-0.05, 0) is 31.4 Å². The number of rotatable bonds is 33. The molecule has 2 saturated heterocycles. The molecule has 3 aliphatic heterocycles. The van der Waals surface area contributed by atoms with Crippen LogP contribution in [0.1, 0.15) is 121 Å². The molecule has 0 bridgehead atoms. The van der Waals surface area contributed by atoms with Crippen molar-refractivity contribution in [1.29, 1.82) is 0 Å². The summed E-state index contributed by atoms with van der Waals surface area (Å²) < 4.78 is 23.6. The highest BCUT2D eigenvalue weighted by Gasteiger charge is 2.54. The van der Waals surface area contributed by atoms with Crippen molar-refractivity contribution in [2.45, 2.75) is 196 Å². The van der Waals surface area contributed by atoms with E-state index in [0.717, 1.165) is 54.5 Å². The summed E-state index contributed by atoms with van der Waals surface area (Å²) in [5.74, 6) is -2.67. The number of carbonyl (C=O) groups is 4. The minimum Gasteiger partial charge on any atom is -0.480 e. The number of hydrogen-bond donors (Lipinski definition) is 13. The van der Waals surface area contributed by atoms with Gasteiger partial charge in [-0.25, -0.2) is 9.59 Å². The molecule has 0 aliphatic carbocycles. The summed E-state index contributed by atoms with van der Waals surface area (Å²) in [5.41, 5.74) is 10.6. The van der Waals surface area contributed by atoms with Gasteiger partial charge in [0.15, 0.2) is 18.5 Å². The van der Waals surface area contributed by atoms with Crippen molar-refractivity contribution in [3.05, 3.63) is 69.0 Å². The summed E-state index contributed by atoms with van der Waals surface area (Å²) in [5, 5.41) is 68.2. The van der Waals surface area contributed by atoms with Crippen molar-refractivity contribution in [3.63, 3.8) is 0 Å². The summed E-state index contributed by atoms with van der Waals surface area (Å²) in [4.78, 5) is 84.9. The molecule has 3 amide bonds. The number of carbonyl (C=O) groups excluding carboxylic acids is 3. The van der Waals surface area contributed by atoms with Gasteiger partial charge in [0.25, 0.3) is 5.56 Å². The molecule has 0 unspecified atom stereocenters. The van der Waals surface area contributed by atoms with E-state index in [4.69, 9.17) is 30.4 Å². The third-order valence-electron chi connectivity index (χ3n) is 13.6. The van der Waals surface area contributed by atoms with Crippen molar-refractivity contribution in [3.8, 4) is 0 Å². The lowest BCUT2D eigenvalue weighted by Gasteiger charge is -2.33. The number of aliphatic imine (C=N–C) groups is 1. The molecule has 13 atom stereocenters. The average molecular weight is 1060 g/mol. The lowest BCUT2D eigenvalue weighted by Crippen LogP contribution is -2.63. The number of aliphatic hydroxyl groups is 4. The Morgan fingerprint density at radius 3 is 2.11 bits per heavy atom. The highest BCUT2D eigenvalue weighted by Crippen LogP contribution is 2.34. The number of nitrogens with zero attached hydrogens (tertiary/aromatic N) is 2. The molecule has 420 valence electrons. The number of unbranched alkanes of at least 4 members (excludes halogenated alkanes) is 12. The van der Waals surface area contributed by atoms with Crippen LogP contribution in [0.5, 0.6) is 0 Å². The van der Waals surface area contributed by atoms with Gasteiger partial charge in [-0.15, -0.1) is 0 Å². The van der Waals surface area contributed by atoms with Crippen LogP contribution in [-0.2, 0) is 39.9 Å². The number of aromatic amines is 1. The Balaban J connectivity index is 1.24. The van der Waals surface area contributed by atoms with Crippen molar-refractivity contribution in [1.82, 2.24) is 36.1 Å². The number of carboxylic acid groups (broad SMARTS) is 1. The fourth-order valence-electron chi connectivity index (χ4n) is 9.38. The standard InChI is InChI=1S/C50H80N10O15/c1-2-3-4-5-6-7-8-9-10-11-12-13-17-21-32(56-44(67)35(31-22-26-55-48(52)57-31)59-50(71)72-29-30-19-15-14-16-20-30)43(66)54-25-18-24-53-36(46(68)69)41(75-47-40(65)37(62)33(28-51)73-47)42-38(63)39(64)45(74-42)60-27-23-34(61)58-49(60)70/h14-16,19-20,23,27,31-33,35-42,45,47,53,62-65H,2-13,17-18,21-22,24-26,28-29,51H2,1H3,(H,54,66)(H,56,67)(H,59,71)(H,68,69)(H3,52,55,57)(H,58,61,70)/t31-,32-,33+,35-,36-,37+,38-,39+,40+,41-,42-,45+,47-/m0/s1. The monoisotopic (exact) mass is 1060 g/mol. The van der Waals surface area contributed by atoms with Gasteiger partial charge in [-0.2, -0.15) is 0 Å². The molecule has 3 aliphatic rings. The molecule has 2 fully saturated rings. The van der Waals surface area contributed by atoms with E-state index < -0.39 is 115 Å². The summed E-state index contributed by atoms with van der Waals surface area (Å²) in [6, 6.07) is 5.20. The normalized spacial score (nSPS) is 25.0. The fourth-order valence-corrected chi connectivity index (χ4v) is 9.38. The molecule has 1 aromatic carbocycles. The minimum atomic E-state index is -1.91. The first-order valence-electron chi connectivity index (χ1n) is 26.4. The van der Waals surface area contributed by atoms with Crippen LogP contribution in [0.25, 0.3) is 0 Å². The molecule has 15 N–H and O–H groups in total. The lowest BCUT2D eigenvalue weighted by molar-refractivity contribution is -0.228. The number of aliphatic carboxylic acids is 1. The summed E-state index contributed by atoms with van der Waals surface area (Å²) in [6.45, 7) is 2.02. The predicted octanol–water partition coefficient (Wildman–Crippen LogP) is -0.567. The van der Waals surface area contributed by atoms with Crippen LogP contribution < -0.4 is 49.3 Å². The molecule has 2 aromatic rings. The number of benzene rings is 1. The molecule has 0 saturated carbocycles. The van der Waals surface area contributed by atoms with E-state index in [1.165, 1.54) is 44.9 Å². The zero-order chi connectivity index (χ0) is 54.3. The number of nitrogens with one attached hydrogen (secondary N) is 6. The average Bonchev–Trinajstić information content (AvgIpc) is 3.84. The summed E-state index contributed by atoms with van der Waals surface area (Å²) in [6.07, 6.45) is 0.249. The third-order valence-corrected chi connectivity index (χ3v) is 13.6. The topological polar surface area (TPSA) is 386 Å². The number of hydrogen-bond acceptors (Lipinski definition) is 19. The Labute approximate surface area is 435 Å². The number of amides is 3. The number of guanidine groups is 1. The number of aliphatic hydroxyl groups excluding tert-OH is 4. The maximum absolute atomic E-state index is 14.2. The predicted molar refractivity (Wildman–Crippen MR) is 273 cm³/mol. The molecule has 25 nitrogen and oxygen atoms in total. The van der Waals surface area contributed by atoms with Crippen LogP contribution in [-0.4, -0.2) is 164 Å². The first-order chi connectivity index (χ1) is 36.1. The molecule has 5 rings (SSSR count). The number of aromatic nitrogens is 2. The van der Waals surface area contributed by atoms with Crippen LogP contribution in [0.3, 0.4) is 0 Å². The highest BCUT2D eigenvalue weighted by atomic mass is 16.7. The quantitative estimate of drug-likeness (QED) is 0.0398. The fraction of sp³-hybridized carbons (Fsp3) is 0.700. The van der Waals surface area contributed by atoms with Crippen LogP contribution >= 0.6 is 0 Å². The number of alkyl carbamates (subject to hydrolysis) is 1. The van der Waals surface area contributed by atoms with Gasteiger partial charge in [-0.3, -0.25) is 33.7 Å². The number of nitrogens with two attached hydrogens (primary N) is 2. The highest BCUT2D eigenvalue weighted by molar-refractivity contribution is 5.92. The second-order valence-corrected chi connectivity index (χ2v) is 19.3. The second-order valence-electron chi connectivity index (χ2n) is 19.3. The van der Waals surface area contributed by atoms with E-state index in [1.807, 2.05) is 11.1 Å². The van der Waals surface area contributed by atoms with Crippen LogP contribution in [0.15, 0.2) is 57.2 Å². The number of H-pyrrole nitrogens is 1. The van der Waals surface area contributed by atoms with Crippen molar-refractivity contribution < 1.29 is 63.7 Å². The Morgan fingerprint density at radius 2 is 1.49 bits per heavy atom. The van der Waals surface area contributed by atoms with Gasteiger partial charge in [0.1, 0.15) is 67.5 Å². The molecule has 25 heteroatoms. The Bertz CT molecular complexity index is 2220. The lowest BCUT2D eigenvalue weighted by atomic mass is 9.98. The second kappa shape index (κ2) is 31.5. The maximum atomic E-state index is 14.2. The summed E-state index contributed by atoms with van der Waals surface area (Å²) >= 11 is 0. The smallest absolute Gasteiger partial charge is 0.408 e. The maximum Gasteiger partial charge on any atom is 0.408 e. The van der Waals surface area contributed by atoms with Gasteiger partial charge in [-0.1, -0.05) is 121 Å². The van der Waals surface area contributed by atoms with E-state index in [-0.39, 0.29) is 51.6 Å². The molecular formula is C50H80N10O15. The van der Waals surface area contributed by atoms with E-state index in [9.17, 15) is 54.3 Å². The molecular weight excluding hydrogens is 981 g/mol. The van der Waals surface area contributed by atoms with Crippen molar-refractivity contribution in [2.75, 3.05) is 26.2 Å². The Hall–Kier alpha value is -5.51. The van der Waals surface area contributed by atoms with Gasteiger partial charge < -0.3 is 82.5 Å². The number of ether oxygens (including phenoxy) is 4. The van der Waals surface area contributed by atoms with Crippen molar-refractivity contribution in [2.24, 2.45) is 16.5 Å². The zero-order valence-corrected chi connectivity index (χ0v) is 42.8. The molecule has 75 heavy (non-hydrogen) atoms. The molecule has 0 spiro atoms. The first-order valence-corrected chi connectivity index (χ1v) is 26.4. The van der Waals surface area contributed by atoms with E-state index in [2.05, 4.69) is 38.5 Å². The van der Waals surface area contributed by atoms with E-state index in [0.29, 0.717) is 12.8 Å². The molecule has 0 radical (unpaired) electrons. The Kier molecular flexibility index (Phi) is 25.4. The van der Waals surface area contributed by atoms with Crippen LogP contribution in [0.4, 0.5) is 4.79 Å². The van der Waals surface area contributed by atoms with Crippen LogP contribution in [0.2, 0.25) is 0 Å². The third kappa shape index (κ3) is 18.6. The molecule has 1 aromatic heterocycles. The summed E-state index contributed by atoms with van der Waals surface area (Å²) in [7, 11) is 0. The van der Waals surface area contributed by atoms with Gasteiger partial charge in [0, 0.05) is 31.9 Å². The van der Waals surface area contributed by atoms with E-state index in [1.54, 1.807) is 24.3 Å². The van der Waals surface area contributed by atoms with Gasteiger partial charge in [0.05, 0.1) is 6.04 Å². The van der Waals surface area contributed by atoms with E-state index >= 15 is 0 Å². The first kappa shape index (κ1) is 60.4. The zero-order valence-electron chi connectivity index (χ0n) is 42.8. The van der Waals surface area contributed by atoms with Crippen LogP contribution in [0, 0.1) is 0 Å². The van der Waals surface area contributed by atoms with Crippen molar-refractivity contribution >= 4 is 29.8 Å².